The van der Waals surface area contributed by atoms with Crippen LogP contribution in [0.5, 0.6) is 0 Å². The van der Waals surface area contributed by atoms with E-state index in [1.165, 1.54) is 5.56 Å². The number of aliphatic hydroxyl groups is 1. The molecule has 0 saturated carbocycles. The summed E-state index contributed by atoms with van der Waals surface area (Å²) in [6.07, 6.45) is 1.82. The Morgan fingerprint density at radius 3 is 2.71 bits per heavy atom. The van der Waals surface area contributed by atoms with E-state index in [0.29, 0.717) is 0 Å². The second-order valence-corrected chi connectivity index (χ2v) is 3.49. The van der Waals surface area contributed by atoms with Crippen LogP contribution in [0.4, 0.5) is 0 Å². The molecule has 0 atom stereocenters. The number of nitrogens with zero attached hydrogens (tertiary/aromatic N) is 1. The lowest BCUT2D eigenvalue weighted by Crippen LogP contribution is -2.19. The summed E-state index contributed by atoms with van der Waals surface area (Å²) < 4.78 is 0. The second kappa shape index (κ2) is 5.78. The van der Waals surface area contributed by atoms with E-state index in [1.807, 2.05) is 13.8 Å². The smallest absolute Gasteiger partial charge is 0.0626 e. The van der Waals surface area contributed by atoms with E-state index in [0.717, 1.165) is 37.3 Å². The Balaban J connectivity index is 2.24. The Labute approximate surface area is 84.7 Å². The number of hydrogen-bond acceptors (Lipinski definition) is 3. The lowest BCUT2D eigenvalue weighted by atomic mass is 10.1. The van der Waals surface area contributed by atoms with Gasteiger partial charge in [-0.05, 0) is 45.3 Å². The van der Waals surface area contributed by atoms with Gasteiger partial charge in [0.2, 0.25) is 0 Å². The van der Waals surface area contributed by atoms with Crippen LogP contribution in [0.25, 0.3) is 0 Å². The molecule has 4 heteroatoms. The molecule has 1 rings (SSSR count). The van der Waals surface area contributed by atoms with Gasteiger partial charge < -0.3 is 10.4 Å². The average molecular weight is 197 g/mol. The Morgan fingerprint density at radius 2 is 2.14 bits per heavy atom. The van der Waals surface area contributed by atoms with Gasteiger partial charge >= 0.3 is 0 Å². The molecule has 1 heterocycles. The lowest BCUT2D eigenvalue weighted by molar-refractivity contribution is 0.286. The van der Waals surface area contributed by atoms with Gasteiger partial charge in [-0.1, -0.05) is 0 Å². The first-order valence-corrected chi connectivity index (χ1v) is 5.07. The number of aromatic amines is 1. The summed E-state index contributed by atoms with van der Waals surface area (Å²) in [5, 5.41) is 19.0. The van der Waals surface area contributed by atoms with Crippen molar-refractivity contribution in [3.8, 4) is 0 Å². The predicted octanol–water partition coefficient (Wildman–Crippen LogP) is 0.541. The highest BCUT2D eigenvalue weighted by molar-refractivity contribution is 5.23. The van der Waals surface area contributed by atoms with Gasteiger partial charge in [-0.25, -0.2) is 0 Å². The third-order valence-corrected chi connectivity index (χ3v) is 2.34. The molecule has 4 nitrogen and oxygen atoms in total. The fourth-order valence-corrected chi connectivity index (χ4v) is 1.48. The molecule has 0 amide bonds. The second-order valence-electron chi connectivity index (χ2n) is 3.49. The van der Waals surface area contributed by atoms with Crippen LogP contribution in [0.2, 0.25) is 0 Å². The molecular formula is C10H19N3O. The van der Waals surface area contributed by atoms with E-state index >= 15 is 0 Å². The van der Waals surface area contributed by atoms with E-state index in [-0.39, 0.29) is 6.61 Å². The van der Waals surface area contributed by atoms with Crippen LogP contribution in [-0.4, -0.2) is 35.0 Å². The highest BCUT2D eigenvalue weighted by Crippen LogP contribution is 2.08. The van der Waals surface area contributed by atoms with E-state index in [2.05, 4.69) is 15.5 Å². The van der Waals surface area contributed by atoms with Crippen molar-refractivity contribution >= 4 is 0 Å². The number of rotatable bonds is 6. The van der Waals surface area contributed by atoms with Gasteiger partial charge in [0.25, 0.3) is 0 Å². The van der Waals surface area contributed by atoms with Gasteiger partial charge in [-0.15, -0.1) is 0 Å². The third-order valence-electron chi connectivity index (χ3n) is 2.34. The zero-order chi connectivity index (χ0) is 10.4. The number of aromatic nitrogens is 2. The molecule has 0 aliphatic heterocycles. The number of aliphatic hydroxyl groups excluding tert-OH is 1. The van der Waals surface area contributed by atoms with Gasteiger partial charge in [-0.3, -0.25) is 5.10 Å². The maximum atomic E-state index is 8.58. The molecule has 0 saturated heterocycles. The maximum Gasteiger partial charge on any atom is 0.0626 e. The van der Waals surface area contributed by atoms with Crippen molar-refractivity contribution in [2.45, 2.75) is 26.7 Å². The molecule has 0 radical (unpaired) electrons. The zero-order valence-electron chi connectivity index (χ0n) is 8.93. The van der Waals surface area contributed by atoms with Gasteiger partial charge in [0, 0.05) is 12.3 Å². The van der Waals surface area contributed by atoms with Crippen LogP contribution in [0.1, 0.15) is 23.4 Å². The highest BCUT2D eigenvalue weighted by atomic mass is 16.3. The summed E-state index contributed by atoms with van der Waals surface area (Å²) in [5.41, 5.74) is 3.56. The van der Waals surface area contributed by atoms with E-state index in [9.17, 15) is 0 Å². The maximum absolute atomic E-state index is 8.58. The van der Waals surface area contributed by atoms with E-state index < -0.39 is 0 Å². The number of nitrogens with one attached hydrogen (secondary N) is 2. The summed E-state index contributed by atoms with van der Waals surface area (Å²) in [4.78, 5) is 0. The van der Waals surface area contributed by atoms with Crippen molar-refractivity contribution in [3.63, 3.8) is 0 Å². The molecule has 1 aromatic rings. The predicted molar refractivity (Wildman–Crippen MR) is 56.3 cm³/mol. The van der Waals surface area contributed by atoms with Crippen molar-refractivity contribution in [1.82, 2.24) is 15.5 Å². The Hall–Kier alpha value is -0.870. The number of aryl methyl sites for hydroxylation is 2. The molecule has 0 aliphatic rings. The van der Waals surface area contributed by atoms with Crippen LogP contribution in [-0.2, 0) is 6.42 Å². The van der Waals surface area contributed by atoms with Gasteiger partial charge in [0.05, 0.1) is 5.69 Å². The first-order chi connectivity index (χ1) is 6.75. The summed E-state index contributed by atoms with van der Waals surface area (Å²) in [7, 11) is 0. The first-order valence-electron chi connectivity index (χ1n) is 5.07. The quantitative estimate of drug-likeness (QED) is 0.583. The van der Waals surface area contributed by atoms with Gasteiger partial charge in [0.1, 0.15) is 0 Å². The summed E-state index contributed by atoms with van der Waals surface area (Å²) in [6, 6.07) is 0. The molecule has 1 aromatic heterocycles. The zero-order valence-corrected chi connectivity index (χ0v) is 8.93. The van der Waals surface area contributed by atoms with Crippen molar-refractivity contribution in [2.24, 2.45) is 0 Å². The molecule has 0 aliphatic carbocycles. The van der Waals surface area contributed by atoms with Crippen LogP contribution in [0.3, 0.4) is 0 Å². The minimum Gasteiger partial charge on any atom is -0.396 e. The molecule has 0 spiro atoms. The fraction of sp³-hybridized carbons (Fsp3) is 0.700. The van der Waals surface area contributed by atoms with Crippen molar-refractivity contribution in [3.05, 3.63) is 17.0 Å². The third kappa shape index (κ3) is 3.12. The molecule has 0 bridgehead atoms. The topological polar surface area (TPSA) is 60.9 Å². The minimum atomic E-state index is 0.261. The van der Waals surface area contributed by atoms with Crippen LogP contribution in [0.15, 0.2) is 0 Å². The number of hydrogen-bond donors (Lipinski definition) is 3. The molecule has 14 heavy (non-hydrogen) atoms. The van der Waals surface area contributed by atoms with Crippen LogP contribution >= 0.6 is 0 Å². The largest absolute Gasteiger partial charge is 0.396 e. The van der Waals surface area contributed by atoms with E-state index in [4.69, 9.17) is 5.11 Å². The highest BCUT2D eigenvalue weighted by Gasteiger charge is 2.04. The Morgan fingerprint density at radius 1 is 1.36 bits per heavy atom. The summed E-state index contributed by atoms with van der Waals surface area (Å²) >= 11 is 0. The fourth-order valence-electron chi connectivity index (χ4n) is 1.48. The van der Waals surface area contributed by atoms with Crippen molar-refractivity contribution in [2.75, 3.05) is 19.7 Å². The standard InChI is InChI=1S/C10H19N3O/c1-8-10(9(2)13-12-8)4-6-11-5-3-7-14/h11,14H,3-7H2,1-2H3,(H,12,13). The van der Waals surface area contributed by atoms with Crippen molar-refractivity contribution in [1.29, 1.82) is 0 Å². The number of H-pyrrole nitrogens is 1. The SMILES string of the molecule is Cc1n[nH]c(C)c1CCNCCCO. The van der Waals surface area contributed by atoms with Gasteiger partial charge in [-0.2, -0.15) is 5.10 Å². The normalized spacial score (nSPS) is 10.8. The Bertz CT molecular complexity index is 251. The molecule has 80 valence electrons. The summed E-state index contributed by atoms with van der Waals surface area (Å²) in [5.74, 6) is 0. The molecular weight excluding hydrogens is 178 g/mol. The molecule has 3 N–H and O–H groups in total. The van der Waals surface area contributed by atoms with E-state index in [1.54, 1.807) is 0 Å². The van der Waals surface area contributed by atoms with Gasteiger partial charge in [0.15, 0.2) is 0 Å². The molecule has 0 unspecified atom stereocenters. The van der Waals surface area contributed by atoms with Crippen LogP contribution < -0.4 is 5.32 Å². The van der Waals surface area contributed by atoms with Crippen molar-refractivity contribution < 1.29 is 5.11 Å². The monoisotopic (exact) mass is 197 g/mol. The minimum absolute atomic E-state index is 0.261. The molecule has 0 aromatic carbocycles. The average Bonchev–Trinajstić information content (AvgIpc) is 2.48. The Kier molecular flexibility index (Phi) is 4.62. The van der Waals surface area contributed by atoms with Crippen LogP contribution in [0, 0.1) is 13.8 Å². The lowest BCUT2D eigenvalue weighted by Gasteiger charge is -2.03. The molecule has 0 fully saturated rings. The first kappa shape index (κ1) is 11.2. The summed E-state index contributed by atoms with van der Waals surface area (Å²) in [6.45, 7) is 6.15.